The number of aryl methyl sites for hydroxylation is 1. The van der Waals surface area contributed by atoms with Crippen molar-refractivity contribution < 1.29 is 14.7 Å². The summed E-state index contributed by atoms with van der Waals surface area (Å²) in [6.07, 6.45) is 9.73. The first kappa shape index (κ1) is 20.4. The molecule has 1 aromatic carbocycles. The molecule has 0 unspecified atom stereocenters. The number of hydrogen-bond donors (Lipinski definition) is 1. The Balaban J connectivity index is 1.36. The lowest BCUT2D eigenvalue weighted by atomic mass is 9.49. The van der Waals surface area contributed by atoms with Gasteiger partial charge in [-0.05, 0) is 87.0 Å². The Bertz CT molecular complexity index is 719. The third kappa shape index (κ3) is 4.51. The molecule has 29 heavy (non-hydrogen) atoms. The van der Waals surface area contributed by atoms with Gasteiger partial charge in [-0.3, -0.25) is 4.79 Å². The predicted molar refractivity (Wildman–Crippen MR) is 111 cm³/mol. The number of carbonyl (C=O) groups excluding carboxylic acids is 2. The van der Waals surface area contributed by atoms with E-state index in [-0.39, 0.29) is 5.91 Å². The molecule has 0 heterocycles. The van der Waals surface area contributed by atoms with E-state index in [9.17, 15) is 14.7 Å². The molecule has 0 aliphatic heterocycles. The number of carboxylic acids is 1. The number of benzene rings is 1. The number of rotatable bonds is 8. The van der Waals surface area contributed by atoms with Gasteiger partial charge >= 0.3 is 0 Å². The topological polar surface area (TPSA) is 69.2 Å². The molecule has 2 atom stereocenters. The van der Waals surface area contributed by atoms with E-state index in [1.165, 1.54) is 38.5 Å². The van der Waals surface area contributed by atoms with Crippen molar-refractivity contribution in [2.24, 2.45) is 35.0 Å². The van der Waals surface area contributed by atoms with Crippen molar-refractivity contribution in [1.82, 2.24) is 5.32 Å². The third-order valence-corrected chi connectivity index (χ3v) is 8.01. The Hall–Kier alpha value is -1.84. The molecular weight excluding hydrogens is 362 g/mol. The van der Waals surface area contributed by atoms with E-state index in [2.05, 4.69) is 5.32 Å². The number of hydrogen-bond acceptors (Lipinski definition) is 3. The van der Waals surface area contributed by atoms with Crippen LogP contribution in [0.4, 0.5) is 0 Å². The highest BCUT2D eigenvalue weighted by Crippen LogP contribution is 2.61. The summed E-state index contributed by atoms with van der Waals surface area (Å²) in [5.41, 5.74) is 2.57. The molecule has 4 bridgehead atoms. The molecule has 4 aliphatic carbocycles. The van der Waals surface area contributed by atoms with Crippen LogP contribution in [0.25, 0.3) is 0 Å². The van der Waals surface area contributed by atoms with E-state index in [4.69, 9.17) is 0 Å². The van der Waals surface area contributed by atoms with Crippen LogP contribution in [0, 0.1) is 41.9 Å². The molecule has 4 nitrogen and oxygen atoms in total. The van der Waals surface area contributed by atoms with Crippen LogP contribution < -0.4 is 10.4 Å². The Morgan fingerprint density at radius 3 is 2.14 bits per heavy atom. The Kier molecular flexibility index (Phi) is 5.72. The molecule has 1 N–H and O–H groups in total. The third-order valence-electron chi connectivity index (χ3n) is 8.01. The summed E-state index contributed by atoms with van der Waals surface area (Å²) in [5.74, 6) is 0.0123. The van der Waals surface area contributed by atoms with E-state index in [0.29, 0.717) is 18.4 Å². The quantitative estimate of drug-likeness (QED) is 0.733. The van der Waals surface area contributed by atoms with Crippen LogP contribution in [0.15, 0.2) is 24.3 Å². The van der Waals surface area contributed by atoms with Crippen molar-refractivity contribution in [3.8, 4) is 0 Å². The maximum Gasteiger partial charge on any atom is 0.224 e. The SMILES string of the molecule is Cc1ccc(C[C@H](C(=O)NCCC23CC4CC(CC(C4)C2)C3)[C@H](C)C(=O)[O-])cc1. The van der Waals surface area contributed by atoms with Crippen LogP contribution in [-0.2, 0) is 16.0 Å². The maximum absolute atomic E-state index is 12.9. The van der Waals surface area contributed by atoms with Gasteiger partial charge < -0.3 is 15.2 Å². The molecule has 0 aromatic heterocycles. The smallest absolute Gasteiger partial charge is 0.224 e. The zero-order valence-electron chi connectivity index (χ0n) is 17.8. The minimum absolute atomic E-state index is 0.146. The molecule has 5 rings (SSSR count). The highest BCUT2D eigenvalue weighted by atomic mass is 16.4. The van der Waals surface area contributed by atoms with Crippen molar-refractivity contribution in [2.45, 2.75) is 65.2 Å². The van der Waals surface area contributed by atoms with Gasteiger partial charge in [0.2, 0.25) is 5.91 Å². The van der Waals surface area contributed by atoms with Gasteiger partial charge in [-0.15, -0.1) is 0 Å². The van der Waals surface area contributed by atoms with Gasteiger partial charge in [0, 0.05) is 24.3 Å². The zero-order valence-corrected chi connectivity index (χ0v) is 17.8. The number of aliphatic carboxylic acids is 1. The van der Waals surface area contributed by atoms with E-state index in [1.54, 1.807) is 6.92 Å². The van der Waals surface area contributed by atoms with Gasteiger partial charge in [0.15, 0.2) is 0 Å². The van der Waals surface area contributed by atoms with E-state index >= 15 is 0 Å². The second-order valence-electron chi connectivity index (χ2n) is 10.4. The van der Waals surface area contributed by atoms with Crippen molar-refractivity contribution in [3.63, 3.8) is 0 Å². The zero-order chi connectivity index (χ0) is 20.6. The molecule has 0 saturated heterocycles. The fraction of sp³-hybridized carbons (Fsp3) is 0.680. The molecule has 4 fully saturated rings. The number of amides is 1. The normalized spacial score (nSPS) is 32.0. The lowest BCUT2D eigenvalue weighted by Crippen LogP contribution is -2.48. The van der Waals surface area contributed by atoms with Crippen LogP contribution in [0.5, 0.6) is 0 Å². The Morgan fingerprint density at radius 2 is 1.62 bits per heavy atom. The number of carboxylic acid groups (broad SMARTS) is 1. The maximum atomic E-state index is 12.9. The lowest BCUT2D eigenvalue weighted by Gasteiger charge is -2.57. The number of carbonyl (C=O) groups is 2. The van der Waals surface area contributed by atoms with Crippen LogP contribution >= 0.6 is 0 Å². The van der Waals surface area contributed by atoms with E-state index in [0.717, 1.165) is 35.3 Å². The van der Waals surface area contributed by atoms with Crippen molar-refractivity contribution >= 4 is 11.9 Å². The van der Waals surface area contributed by atoms with Crippen LogP contribution in [-0.4, -0.2) is 18.4 Å². The average molecular weight is 397 g/mol. The molecule has 1 aromatic rings. The summed E-state index contributed by atoms with van der Waals surface area (Å²) < 4.78 is 0. The van der Waals surface area contributed by atoms with E-state index < -0.39 is 17.8 Å². The van der Waals surface area contributed by atoms with Crippen molar-refractivity contribution in [1.29, 1.82) is 0 Å². The van der Waals surface area contributed by atoms with Gasteiger partial charge in [-0.1, -0.05) is 36.8 Å². The molecular formula is C25H34NO3-. The first-order valence-electron chi connectivity index (χ1n) is 11.4. The summed E-state index contributed by atoms with van der Waals surface area (Å²) in [4.78, 5) is 24.4. The number of nitrogens with one attached hydrogen (secondary N) is 1. The van der Waals surface area contributed by atoms with Gasteiger partial charge in [-0.2, -0.15) is 0 Å². The predicted octanol–water partition coefficient (Wildman–Crippen LogP) is 3.26. The summed E-state index contributed by atoms with van der Waals surface area (Å²) in [7, 11) is 0. The molecule has 0 spiro atoms. The van der Waals surface area contributed by atoms with E-state index in [1.807, 2.05) is 31.2 Å². The van der Waals surface area contributed by atoms with Crippen LogP contribution in [0.2, 0.25) is 0 Å². The monoisotopic (exact) mass is 396 g/mol. The van der Waals surface area contributed by atoms with Crippen molar-refractivity contribution in [3.05, 3.63) is 35.4 Å². The average Bonchev–Trinajstić information content (AvgIpc) is 2.65. The first-order chi connectivity index (χ1) is 13.8. The molecule has 4 heteroatoms. The fourth-order valence-corrected chi connectivity index (χ4v) is 6.82. The lowest BCUT2D eigenvalue weighted by molar-refractivity contribution is -0.312. The highest BCUT2D eigenvalue weighted by molar-refractivity contribution is 5.84. The van der Waals surface area contributed by atoms with Gasteiger partial charge in [0.1, 0.15) is 0 Å². The van der Waals surface area contributed by atoms with Crippen LogP contribution in [0.1, 0.15) is 63.0 Å². The first-order valence-corrected chi connectivity index (χ1v) is 11.4. The summed E-state index contributed by atoms with van der Waals surface area (Å²) in [6, 6.07) is 7.96. The minimum atomic E-state index is -1.15. The molecule has 158 valence electrons. The second-order valence-corrected chi connectivity index (χ2v) is 10.4. The van der Waals surface area contributed by atoms with Gasteiger partial charge in [0.05, 0.1) is 0 Å². The molecule has 1 amide bonds. The molecule has 0 radical (unpaired) electrons. The fourth-order valence-electron chi connectivity index (χ4n) is 6.82. The Labute approximate surface area is 174 Å². The molecule has 4 aliphatic rings. The van der Waals surface area contributed by atoms with Gasteiger partial charge in [-0.25, -0.2) is 0 Å². The summed E-state index contributed by atoms with van der Waals surface area (Å²) >= 11 is 0. The standard InChI is InChI=1S/C25H35NO3/c1-16-3-5-18(6-4-16)12-22(17(2)24(28)29)23(27)26-8-7-25-13-19-9-20(14-25)11-21(10-19)15-25/h3-6,17,19-22H,7-15H2,1-2H3,(H,26,27)(H,28,29)/p-1/t17-,19?,20?,21?,22-,25?/m0/s1. The molecule has 4 saturated carbocycles. The van der Waals surface area contributed by atoms with Gasteiger partial charge in [0.25, 0.3) is 0 Å². The van der Waals surface area contributed by atoms with Crippen molar-refractivity contribution in [2.75, 3.05) is 6.54 Å². The largest absolute Gasteiger partial charge is 0.550 e. The summed E-state index contributed by atoms with van der Waals surface area (Å²) in [5, 5.41) is 14.6. The minimum Gasteiger partial charge on any atom is -0.550 e. The second kappa shape index (κ2) is 8.12. The Morgan fingerprint density at radius 1 is 1.07 bits per heavy atom. The summed E-state index contributed by atoms with van der Waals surface area (Å²) in [6.45, 7) is 4.27. The van der Waals surface area contributed by atoms with Crippen LogP contribution in [0.3, 0.4) is 0 Å². The highest BCUT2D eigenvalue weighted by Gasteiger charge is 2.50.